The fraction of sp³-hybridized carbons (Fsp3) is 0.556. The molecular formula is C18H24N2O5. The van der Waals surface area contributed by atoms with E-state index in [9.17, 15) is 4.79 Å². The van der Waals surface area contributed by atoms with E-state index >= 15 is 0 Å². The van der Waals surface area contributed by atoms with Gasteiger partial charge in [-0.05, 0) is 32.0 Å². The third-order valence-corrected chi connectivity index (χ3v) is 5.09. The molecule has 0 aromatic heterocycles. The molecule has 25 heavy (non-hydrogen) atoms. The van der Waals surface area contributed by atoms with Crippen LogP contribution in [0.2, 0.25) is 0 Å². The lowest BCUT2D eigenvalue weighted by Crippen LogP contribution is -2.40. The van der Waals surface area contributed by atoms with Crippen LogP contribution in [0, 0.1) is 0 Å². The highest BCUT2D eigenvalue weighted by Crippen LogP contribution is 2.38. The Kier molecular flexibility index (Phi) is 5.13. The molecule has 2 bridgehead atoms. The smallest absolute Gasteiger partial charge is 0.365 e. The first-order valence-corrected chi connectivity index (χ1v) is 8.36. The van der Waals surface area contributed by atoms with E-state index in [2.05, 4.69) is 17.1 Å². The lowest BCUT2D eigenvalue weighted by molar-refractivity contribution is 0.0509. The summed E-state index contributed by atoms with van der Waals surface area (Å²) in [4.78, 5) is 20.0. The lowest BCUT2D eigenvalue weighted by atomic mass is 10.0. The van der Waals surface area contributed by atoms with Crippen molar-refractivity contribution in [3.05, 3.63) is 17.7 Å². The Labute approximate surface area is 147 Å². The fourth-order valence-electron chi connectivity index (χ4n) is 3.64. The van der Waals surface area contributed by atoms with Gasteiger partial charge in [0.15, 0.2) is 11.5 Å². The Morgan fingerprint density at radius 2 is 1.60 bits per heavy atom. The van der Waals surface area contributed by atoms with Gasteiger partial charge in [-0.2, -0.15) is 0 Å². The Morgan fingerprint density at radius 3 is 2.08 bits per heavy atom. The maximum absolute atomic E-state index is 12.4. The van der Waals surface area contributed by atoms with E-state index in [1.165, 1.54) is 34.2 Å². The number of rotatable bonds is 5. The molecule has 1 aromatic carbocycles. The lowest BCUT2D eigenvalue weighted by Gasteiger charge is -2.31. The van der Waals surface area contributed by atoms with Crippen LogP contribution in [-0.2, 0) is 4.84 Å². The number of piperidine rings is 1. The highest BCUT2D eigenvalue weighted by molar-refractivity contribution is 5.92. The van der Waals surface area contributed by atoms with Crippen molar-refractivity contribution >= 4 is 11.7 Å². The van der Waals surface area contributed by atoms with Gasteiger partial charge in [-0.1, -0.05) is 5.16 Å². The van der Waals surface area contributed by atoms with Gasteiger partial charge in [0, 0.05) is 24.9 Å². The van der Waals surface area contributed by atoms with Crippen molar-refractivity contribution in [1.29, 1.82) is 0 Å². The summed E-state index contributed by atoms with van der Waals surface area (Å²) in [7, 11) is 6.67. The Morgan fingerprint density at radius 1 is 1.04 bits per heavy atom. The zero-order valence-electron chi connectivity index (χ0n) is 15.1. The molecule has 7 heteroatoms. The second-order valence-electron chi connectivity index (χ2n) is 6.41. The number of methoxy groups -OCH3 is 3. The van der Waals surface area contributed by atoms with Crippen molar-refractivity contribution in [2.75, 3.05) is 28.4 Å². The highest BCUT2D eigenvalue weighted by Gasteiger charge is 2.37. The molecule has 2 aliphatic rings. The standard InChI is InChI=1S/C18H24N2O5/c1-20-13-5-6-14(20)10-12(9-13)19-25-18(21)11-7-15(22-2)17(24-4)16(8-11)23-3/h7-8,13-14H,5-6,9-10H2,1-4H3/t13-,14-/m1/s1. The minimum absolute atomic E-state index is 0.301. The van der Waals surface area contributed by atoms with Crippen LogP contribution in [0.5, 0.6) is 17.2 Å². The molecule has 2 heterocycles. The summed E-state index contributed by atoms with van der Waals surface area (Å²) in [5, 5.41) is 4.12. The van der Waals surface area contributed by atoms with Gasteiger partial charge in [-0.3, -0.25) is 4.90 Å². The number of fused-ring (bicyclic) bond motifs is 2. The van der Waals surface area contributed by atoms with E-state index in [1.54, 1.807) is 12.1 Å². The van der Waals surface area contributed by atoms with E-state index < -0.39 is 5.97 Å². The van der Waals surface area contributed by atoms with E-state index in [1.807, 2.05) is 0 Å². The minimum Gasteiger partial charge on any atom is -0.493 e. The van der Waals surface area contributed by atoms with Crippen molar-refractivity contribution in [3.63, 3.8) is 0 Å². The first-order valence-electron chi connectivity index (χ1n) is 8.36. The van der Waals surface area contributed by atoms with Crippen LogP contribution < -0.4 is 14.2 Å². The first kappa shape index (κ1) is 17.5. The summed E-state index contributed by atoms with van der Waals surface area (Å²) >= 11 is 0. The SMILES string of the molecule is COc1cc(C(=O)ON=C2C[C@H]3CC[C@H](C2)N3C)cc(OC)c1OC. The van der Waals surface area contributed by atoms with Crippen molar-refractivity contribution in [3.8, 4) is 17.2 Å². The summed E-state index contributed by atoms with van der Waals surface area (Å²) in [6, 6.07) is 4.14. The average molecular weight is 348 g/mol. The summed E-state index contributed by atoms with van der Waals surface area (Å²) in [5.41, 5.74) is 1.25. The molecule has 1 aromatic rings. The van der Waals surface area contributed by atoms with Gasteiger partial charge in [-0.15, -0.1) is 0 Å². The Hall–Kier alpha value is -2.28. The molecule has 2 aliphatic heterocycles. The summed E-state index contributed by atoms with van der Waals surface area (Å²) in [6.07, 6.45) is 4.08. The number of hydrogen-bond donors (Lipinski definition) is 0. The molecule has 0 unspecified atom stereocenters. The summed E-state index contributed by atoms with van der Waals surface area (Å²) in [5.74, 6) is 0.690. The van der Waals surface area contributed by atoms with Gasteiger partial charge in [0.1, 0.15) is 0 Å². The molecule has 0 radical (unpaired) electrons. The molecule has 0 spiro atoms. The van der Waals surface area contributed by atoms with Crippen molar-refractivity contribution in [1.82, 2.24) is 4.90 Å². The van der Waals surface area contributed by atoms with Crippen LogP contribution in [0.1, 0.15) is 36.0 Å². The highest BCUT2D eigenvalue weighted by atomic mass is 16.7. The topological polar surface area (TPSA) is 69.6 Å². The molecule has 2 saturated heterocycles. The number of carbonyl (C=O) groups excluding carboxylic acids is 1. The third-order valence-electron chi connectivity index (χ3n) is 5.09. The molecule has 0 aliphatic carbocycles. The quantitative estimate of drug-likeness (QED) is 0.601. The fourth-order valence-corrected chi connectivity index (χ4v) is 3.64. The van der Waals surface area contributed by atoms with Crippen LogP contribution in [-0.4, -0.2) is 57.0 Å². The molecule has 0 amide bonds. The molecule has 2 fully saturated rings. The predicted molar refractivity (Wildman–Crippen MR) is 92.8 cm³/mol. The van der Waals surface area contributed by atoms with Gasteiger partial charge >= 0.3 is 5.97 Å². The molecule has 136 valence electrons. The van der Waals surface area contributed by atoms with Crippen LogP contribution in [0.4, 0.5) is 0 Å². The molecule has 2 atom stereocenters. The monoisotopic (exact) mass is 348 g/mol. The number of nitrogens with zero attached hydrogens (tertiary/aromatic N) is 2. The van der Waals surface area contributed by atoms with Crippen molar-refractivity contribution < 1.29 is 23.8 Å². The second-order valence-corrected chi connectivity index (χ2v) is 6.41. The first-order chi connectivity index (χ1) is 12.1. The Bertz CT molecular complexity index is 647. The van der Waals surface area contributed by atoms with Gasteiger partial charge in [0.05, 0.1) is 32.6 Å². The van der Waals surface area contributed by atoms with E-state index in [4.69, 9.17) is 19.0 Å². The zero-order chi connectivity index (χ0) is 18.0. The van der Waals surface area contributed by atoms with Gasteiger partial charge in [0.2, 0.25) is 5.75 Å². The third kappa shape index (κ3) is 3.42. The van der Waals surface area contributed by atoms with Gasteiger partial charge in [-0.25, -0.2) is 4.79 Å². The normalized spacial score (nSPS) is 22.5. The van der Waals surface area contributed by atoms with E-state index in [0.717, 1.165) is 18.6 Å². The second kappa shape index (κ2) is 7.31. The molecular weight excluding hydrogens is 324 g/mol. The molecule has 0 saturated carbocycles. The largest absolute Gasteiger partial charge is 0.493 e. The molecule has 3 rings (SSSR count). The maximum Gasteiger partial charge on any atom is 0.365 e. The van der Waals surface area contributed by atoms with Gasteiger partial charge in [0.25, 0.3) is 0 Å². The maximum atomic E-state index is 12.4. The number of oxime groups is 1. The predicted octanol–water partition coefficient (Wildman–Crippen LogP) is 2.48. The van der Waals surface area contributed by atoms with E-state index in [-0.39, 0.29) is 0 Å². The van der Waals surface area contributed by atoms with Crippen LogP contribution in [0.15, 0.2) is 17.3 Å². The van der Waals surface area contributed by atoms with Crippen LogP contribution in [0.3, 0.4) is 0 Å². The number of carbonyl (C=O) groups is 1. The van der Waals surface area contributed by atoms with Crippen LogP contribution >= 0.6 is 0 Å². The zero-order valence-corrected chi connectivity index (χ0v) is 15.1. The Balaban J connectivity index is 1.74. The number of hydrogen-bond acceptors (Lipinski definition) is 7. The summed E-state index contributed by atoms with van der Waals surface area (Å²) in [6.45, 7) is 0. The van der Waals surface area contributed by atoms with Crippen LogP contribution in [0.25, 0.3) is 0 Å². The van der Waals surface area contributed by atoms with Gasteiger partial charge < -0.3 is 19.0 Å². The van der Waals surface area contributed by atoms with Crippen molar-refractivity contribution in [2.45, 2.75) is 37.8 Å². The van der Waals surface area contributed by atoms with E-state index in [0.29, 0.717) is 34.9 Å². The van der Waals surface area contributed by atoms with Crippen molar-refractivity contribution in [2.24, 2.45) is 5.16 Å². The average Bonchev–Trinajstić information content (AvgIpc) is 2.85. The molecule has 7 nitrogen and oxygen atoms in total. The molecule has 0 N–H and O–H groups in total. The number of ether oxygens (including phenoxy) is 3. The summed E-state index contributed by atoms with van der Waals surface area (Å²) < 4.78 is 15.8. The minimum atomic E-state index is -0.543. The number of benzene rings is 1.